The third kappa shape index (κ3) is 4.50. The number of sulfonamides is 1. The van der Waals surface area contributed by atoms with Crippen LogP contribution < -0.4 is 9.64 Å². The van der Waals surface area contributed by atoms with Gasteiger partial charge < -0.3 is 18.9 Å². The standard InChI is InChI=1S/C28H30N4O5S/c1-30(2)24-9-5-8-22-21(24)7-6-10-27(22)38(34,35)32-17-26-23(15-25(32)28(33)37-4)29-18-31(26)16-19-11-13-20(36-3)14-12-19/h5-14,18,25H,15-17H2,1-4H3. The first-order valence-electron chi connectivity index (χ1n) is 12.2. The van der Waals surface area contributed by atoms with E-state index in [1.165, 1.54) is 11.4 Å². The molecule has 38 heavy (non-hydrogen) atoms. The summed E-state index contributed by atoms with van der Waals surface area (Å²) in [5.41, 5.74) is 3.36. The van der Waals surface area contributed by atoms with Crippen molar-refractivity contribution in [3.8, 4) is 5.75 Å². The number of ether oxygens (including phenoxy) is 2. The Hall–Kier alpha value is -3.89. The van der Waals surface area contributed by atoms with Gasteiger partial charge in [0, 0.05) is 43.5 Å². The Morgan fingerprint density at radius 3 is 2.42 bits per heavy atom. The molecule has 0 amide bonds. The maximum atomic E-state index is 14.2. The van der Waals surface area contributed by atoms with Gasteiger partial charge in [-0.1, -0.05) is 36.4 Å². The summed E-state index contributed by atoms with van der Waals surface area (Å²) >= 11 is 0. The Balaban J connectivity index is 1.57. The van der Waals surface area contributed by atoms with Gasteiger partial charge >= 0.3 is 5.97 Å². The van der Waals surface area contributed by atoms with Gasteiger partial charge in [0.15, 0.2) is 0 Å². The largest absolute Gasteiger partial charge is 0.497 e. The highest BCUT2D eigenvalue weighted by Crippen LogP contribution is 2.35. The Kier molecular flexibility index (Phi) is 6.85. The Bertz CT molecular complexity index is 1600. The second-order valence-electron chi connectivity index (χ2n) is 9.43. The average molecular weight is 535 g/mol. The molecule has 0 radical (unpaired) electrons. The number of hydrogen-bond acceptors (Lipinski definition) is 7. The number of esters is 1. The first-order valence-corrected chi connectivity index (χ1v) is 13.6. The zero-order chi connectivity index (χ0) is 27.0. The van der Waals surface area contributed by atoms with E-state index in [2.05, 4.69) is 4.98 Å². The van der Waals surface area contributed by atoms with E-state index in [1.54, 1.807) is 31.6 Å². The van der Waals surface area contributed by atoms with E-state index in [4.69, 9.17) is 9.47 Å². The van der Waals surface area contributed by atoms with Crippen molar-refractivity contribution < 1.29 is 22.7 Å². The van der Waals surface area contributed by atoms with Gasteiger partial charge in [0.05, 0.1) is 43.4 Å². The Morgan fingerprint density at radius 2 is 1.74 bits per heavy atom. The number of hydrogen-bond donors (Lipinski definition) is 0. The van der Waals surface area contributed by atoms with Gasteiger partial charge in [-0.2, -0.15) is 4.31 Å². The molecule has 0 N–H and O–H groups in total. The van der Waals surface area contributed by atoms with Crippen molar-refractivity contribution in [2.45, 2.75) is 30.4 Å². The molecule has 0 saturated heterocycles. The van der Waals surface area contributed by atoms with Crippen molar-refractivity contribution >= 4 is 32.5 Å². The first-order chi connectivity index (χ1) is 18.2. The fourth-order valence-corrected chi connectivity index (χ4v) is 6.75. The minimum atomic E-state index is -4.10. The molecule has 0 aliphatic carbocycles. The van der Waals surface area contributed by atoms with Crippen molar-refractivity contribution in [2.24, 2.45) is 0 Å². The first kappa shape index (κ1) is 25.7. The van der Waals surface area contributed by atoms with Crippen LogP contribution >= 0.6 is 0 Å². The molecule has 0 fully saturated rings. The lowest BCUT2D eigenvalue weighted by molar-refractivity contribution is -0.145. The van der Waals surface area contributed by atoms with Crippen LogP contribution in [0, 0.1) is 0 Å². The minimum absolute atomic E-state index is 0.00263. The molecular weight excluding hydrogens is 504 g/mol. The molecule has 0 bridgehead atoms. The van der Waals surface area contributed by atoms with Crippen LogP contribution in [0.15, 0.2) is 71.9 Å². The maximum absolute atomic E-state index is 14.2. The molecule has 9 nitrogen and oxygen atoms in total. The van der Waals surface area contributed by atoms with Gasteiger partial charge in [-0.25, -0.2) is 13.4 Å². The third-order valence-electron chi connectivity index (χ3n) is 6.99. The highest BCUT2D eigenvalue weighted by atomic mass is 32.2. The van der Waals surface area contributed by atoms with E-state index in [1.807, 2.05) is 66.0 Å². The van der Waals surface area contributed by atoms with Crippen LogP contribution in [-0.4, -0.2) is 62.6 Å². The number of nitrogens with zero attached hydrogens (tertiary/aromatic N) is 4. The molecule has 1 aromatic heterocycles. The maximum Gasteiger partial charge on any atom is 0.324 e. The summed E-state index contributed by atoms with van der Waals surface area (Å²) in [5, 5.41) is 1.41. The normalized spacial score (nSPS) is 15.7. The molecule has 1 aliphatic rings. The number of anilines is 1. The van der Waals surface area contributed by atoms with Gasteiger partial charge in [-0.05, 0) is 29.8 Å². The lowest BCUT2D eigenvalue weighted by atomic mass is 10.1. The second-order valence-corrected chi connectivity index (χ2v) is 11.3. The number of rotatable bonds is 7. The number of aromatic nitrogens is 2. The van der Waals surface area contributed by atoms with Gasteiger partial charge in [0.2, 0.25) is 10.0 Å². The van der Waals surface area contributed by atoms with Gasteiger partial charge in [0.25, 0.3) is 0 Å². The minimum Gasteiger partial charge on any atom is -0.497 e. The van der Waals surface area contributed by atoms with Gasteiger partial charge in [-0.15, -0.1) is 0 Å². The quantitative estimate of drug-likeness (QED) is 0.335. The fourth-order valence-electron chi connectivity index (χ4n) is 5.00. The van der Waals surface area contributed by atoms with Gasteiger partial charge in [0.1, 0.15) is 11.8 Å². The predicted octanol–water partition coefficient (Wildman–Crippen LogP) is 3.45. The summed E-state index contributed by atoms with van der Waals surface area (Å²) in [6, 6.07) is 17.5. The zero-order valence-electron chi connectivity index (χ0n) is 21.8. The summed E-state index contributed by atoms with van der Waals surface area (Å²) in [7, 11) is 2.62. The fraction of sp³-hybridized carbons (Fsp3) is 0.286. The van der Waals surface area contributed by atoms with Crippen LogP contribution in [0.1, 0.15) is 17.0 Å². The van der Waals surface area contributed by atoms with E-state index in [-0.39, 0.29) is 17.9 Å². The van der Waals surface area contributed by atoms with E-state index in [0.717, 1.165) is 28.1 Å². The van der Waals surface area contributed by atoms with Crippen molar-refractivity contribution in [2.75, 3.05) is 33.2 Å². The number of carbonyl (C=O) groups excluding carboxylic acids is 1. The molecule has 1 aliphatic heterocycles. The van der Waals surface area contributed by atoms with Crippen molar-refractivity contribution in [1.82, 2.24) is 13.9 Å². The van der Waals surface area contributed by atoms with Crippen molar-refractivity contribution in [1.29, 1.82) is 0 Å². The summed E-state index contributed by atoms with van der Waals surface area (Å²) in [6.07, 6.45) is 1.82. The van der Waals surface area contributed by atoms with Crippen LogP contribution in [0.25, 0.3) is 10.8 Å². The van der Waals surface area contributed by atoms with E-state index < -0.39 is 22.0 Å². The summed E-state index contributed by atoms with van der Waals surface area (Å²) in [6.45, 7) is 0.501. The number of benzene rings is 3. The molecule has 10 heteroatoms. The molecule has 2 heterocycles. The molecule has 3 aromatic carbocycles. The summed E-state index contributed by atoms with van der Waals surface area (Å²) < 4.78 is 42.0. The smallest absolute Gasteiger partial charge is 0.324 e. The van der Waals surface area contributed by atoms with Gasteiger partial charge in [-0.3, -0.25) is 4.79 Å². The van der Waals surface area contributed by atoms with Crippen molar-refractivity contribution in [3.63, 3.8) is 0 Å². The average Bonchev–Trinajstić information content (AvgIpc) is 3.33. The van der Waals surface area contributed by atoms with E-state index >= 15 is 0 Å². The highest BCUT2D eigenvalue weighted by Gasteiger charge is 2.42. The Labute approximate surface area is 222 Å². The molecule has 5 rings (SSSR count). The number of carbonyl (C=O) groups is 1. The molecule has 1 atom stereocenters. The monoisotopic (exact) mass is 534 g/mol. The molecule has 1 unspecified atom stereocenters. The Morgan fingerprint density at radius 1 is 1.03 bits per heavy atom. The lowest BCUT2D eigenvalue weighted by Gasteiger charge is -2.33. The SMILES string of the molecule is COC(=O)C1Cc2ncn(Cc3ccc(OC)cc3)c2CN1S(=O)(=O)c1cccc2c(N(C)C)cccc12. The topological polar surface area (TPSA) is 94.0 Å². The van der Waals surface area contributed by atoms with Crippen LogP contribution in [0.2, 0.25) is 0 Å². The molecule has 4 aromatic rings. The van der Waals surface area contributed by atoms with Crippen LogP contribution in [0.3, 0.4) is 0 Å². The molecule has 0 spiro atoms. The number of methoxy groups -OCH3 is 2. The van der Waals surface area contributed by atoms with E-state index in [9.17, 15) is 13.2 Å². The summed E-state index contributed by atoms with van der Waals surface area (Å²) in [5.74, 6) is 0.144. The zero-order valence-corrected chi connectivity index (χ0v) is 22.6. The van der Waals surface area contributed by atoms with Crippen LogP contribution in [0.5, 0.6) is 5.75 Å². The number of imidazole rings is 1. The second kappa shape index (κ2) is 10.1. The molecular formula is C28H30N4O5S. The van der Waals surface area contributed by atoms with E-state index in [0.29, 0.717) is 17.6 Å². The summed E-state index contributed by atoms with van der Waals surface area (Å²) in [4.78, 5) is 19.5. The molecule has 198 valence electrons. The lowest BCUT2D eigenvalue weighted by Crippen LogP contribution is -2.49. The highest BCUT2D eigenvalue weighted by molar-refractivity contribution is 7.89. The predicted molar refractivity (Wildman–Crippen MR) is 145 cm³/mol. The van der Waals surface area contributed by atoms with Crippen LogP contribution in [-0.2, 0) is 39.1 Å². The van der Waals surface area contributed by atoms with Crippen LogP contribution in [0.4, 0.5) is 5.69 Å². The number of fused-ring (bicyclic) bond motifs is 2. The third-order valence-corrected chi connectivity index (χ3v) is 8.90. The molecule has 0 saturated carbocycles. The van der Waals surface area contributed by atoms with Crippen molar-refractivity contribution in [3.05, 3.63) is 83.9 Å².